The van der Waals surface area contributed by atoms with E-state index in [1.807, 2.05) is 22.6 Å². The van der Waals surface area contributed by atoms with Gasteiger partial charge in [-0.3, -0.25) is 4.79 Å². The Hall–Kier alpha value is -1.32. The fourth-order valence-electron chi connectivity index (χ4n) is 1.88. The van der Waals surface area contributed by atoms with Gasteiger partial charge in [0.25, 0.3) is 5.91 Å². The van der Waals surface area contributed by atoms with E-state index in [2.05, 4.69) is 5.32 Å². The van der Waals surface area contributed by atoms with Crippen molar-refractivity contribution in [1.82, 2.24) is 0 Å². The van der Waals surface area contributed by atoms with Crippen LogP contribution in [0.4, 0.5) is 5.69 Å². The molecule has 0 saturated carbocycles. The molecule has 0 aliphatic carbocycles. The highest BCUT2D eigenvalue weighted by atomic mass is 127. The maximum atomic E-state index is 12.4. The monoisotopic (exact) mass is 465 g/mol. The summed E-state index contributed by atoms with van der Waals surface area (Å²) in [6.45, 7) is 0. The number of benzene rings is 2. The van der Waals surface area contributed by atoms with Gasteiger partial charge in [0.05, 0.1) is 22.6 Å². The molecule has 0 atom stereocenters. The SMILES string of the molecule is COc1cc(I)c(Cl)cc1C(=O)Nc1cccc(S(C)(=O)=O)c1. The Kier molecular flexibility index (Phi) is 5.53. The summed E-state index contributed by atoms with van der Waals surface area (Å²) in [4.78, 5) is 12.5. The Labute approximate surface area is 153 Å². The molecule has 2 aromatic carbocycles. The second-order valence-corrected chi connectivity index (χ2v) is 8.31. The number of carbonyl (C=O) groups is 1. The Morgan fingerprint density at radius 1 is 1.26 bits per heavy atom. The Balaban J connectivity index is 2.35. The van der Waals surface area contributed by atoms with E-state index in [0.29, 0.717) is 16.5 Å². The van der Waals surface area contributed by atoms with Crippen LogP contribution in [0.25, 0.3) is 0 Å². The van der Waals surface area contributed by atoms with E-state index in [9.17, 15) is 13.2 Å². The number of methoxy groups -OCH3 is 1. The normalized spacial score (nSPS) is 11.1. The molecule has 2 aromatic rings. The van der Waals surface area contributed by atoms with E-state index >= 15 is 0 Å². The number of rotatable bonds is 4. The molecule has 23 heavy (non-hydrogen) atoms. The van der Waals surface area contributed by atoms with E-state index < -0.39 is 15.7 Å². The fraction of sp³-hybridized carbons (Fsp3) is 0.133. The Morgan fingerprint density at radius 3 is 2.57 bits per heavy atom. The molecule has 0 aromatic heterocycles. The zero-order valence-electron chi connectivity index (χ0n) is 12.3. The van der Waals surface area contributed by atoms with Crippen molar-refractivity contribution in [2.45, 2.75) is 4.90 Å². The molecule has 0 spiro atoms. The lowest BCUT2D eigenvalue weighted by Crippen LogP contribution is -2.14. The van der Waals surface area contributed by atoms with Gasteiger partial charge in [-0.2, -0.15) is 0 Å². The second kappa shape index (κ2) is 7.06. The fourth-order valence-corrected chi connectivity index (χ4v) is 3.15. The molecule has 0 aliphatic heterocycles. The molecule has 0 bridgehead atoms. The van der Waals surface area contributed by atoms with E-state index in [1.54, 1.807) is 18.2 Å². The van der Waals surface area contributed by atoms with Crippen LogP contribution in [0.15, 0.2) is 41.3 Å². The summed E-state index contributed by atoms with van der Waals surface area (Å²) < 4.78 is 29.1. The average molecular weight is 466 g/mol. The maximum absolute atomic E-state index is 12.4. The summed E-state index contributed by atoms with van der Waals surface area (Å²) in [6.07, 6.45) is 1.11. The molecule has 0 unspecified atom stereocenters. The summed E-state index contributed by atoms with van der Waals surface area (Å²) in [6, 6.07) is 9.20. The van der Waals surface area contributed by atoms with Gasteiger partial charge in [0.2, 0.25) is 0 Å². The van der Waals surface area contributed by atoms with Crippen LogP contribution in [0, 0.1) is 3.57 Å². The third kappa shape index (κ3) is 4.36. The van der Waals surface area contributed by atoms with Gasteiger partial charge in [-0.25, -0.2) is 8.42 Å². The molecule has 0 radical (unpaired) electrons. The van der Waals surface area contributed by atoms with Crippen molar-refractivity contribution in [3.8, 4) is 5.75 Å². The number of hydrogen-bond donors (Lipinski definition) is 1. The van der Waals surface area contributed by atoms with Crippen LogP contribution in [0.5, 0.6) is 5.75 Å². The van der Waals surface area contributed by atoms with Crippen LogP contribution in [0.1, 0.15) is 10.4 Å². The molecule has 0 aliphatic rings. The predicted octanol–water partition coefficient (Wildman–Crippen LogP) is 3.61. The molecule has 0 fully saturated rings. The number of halogens is 2. The highest BCUT2D eigenvalue weighted by Gasteiger charge is 2.16. The standard InChI is InChI=1S/C15H13ClINO4S/c1-22-14-8-13(17)12(16)7-11(14)15(19)18-9-4-3-5-10(6-9)23(2,20)21/h3-8H,1-2H3,(H,18,19). The van der Waals surface area contributed by atoms with Crippen LogP contribution in [0.3, 0.4) is 0 Å². The van der Waals surface area contributed by atoms with E-state index in [4.69, 9.17) is 16.3 Å². The third-order valence-electron chi connectivity index (χ3n) is 3.01. The number of sulfone groups is 1. The highest BCUT2D eigenvalue weighted by Crippen LogP contribution is 2.29. The number of ether oxygens (including phenoxy) is 1. The zero-order valence-corrected chi connectivity index (χ0v) is 16.0. The van der Waals surface area contributed by atoms with E-state index in [0.717, 1.165) is 9.83 Å². The van der Waals surface area contributed by atoms with Crippen LogP contribution in [-0.2, 0) is 9.84 Å². The number of carbonyl (C=O) groups excluding carboxylic acids is 1. The van der Waals surface area contributed by atoms with Crippen LogP contribution in [0.2, 0.25) is 5.02 Å². The number of nitrogens with one attached hydrogen (secondary N) is 1. The molecule has 0 heterocycles. The van der Waals surface area contributed by atoms with Crippen molar-refractivity contribution in [3.05, 3.63) is 50.6 Å². The summed E-state index contributed by atoms with van der Waals surface area (Å²) >= 11 is 8.09. The van der Waals surface area contributed by atoms with Gasteiger partial charge in [-0.05, 0) is 52.9 Å². The van der Waals surface area contributed by atoms with Gasteiger partial charge in [-0.1, -0.05) is 17.7 Å². The van der Waals surface area contributed by atoms with Gasteiger partial charge in [0.15, 0.2) is 9.84 Å². The number of amides is 1. The first-order chi connectivity index (χ1) is 10.7. The molecular formula is C15H13ClINO4S. The largest absolute Gasteiger partial charge is 0.496 e. The van der Waals surface area contributed by atoms with Gasteiger partial charge in [-0.15, -0.1) is 0 Å². The first kappa shape index (κ1) is 18.0. The average Bonchev–Trinajstić information content (AvgIpc) is 2.48. The minimum atomic E-state index is -3.35. The topological polar surface area (TPSA) is 72.5 Å². The lowest BCUT2D eigenvalue weighted by Gasteiger charge is -2.11. The lowest BCUT2D eigenvalue weighted by molar-refractivity contribution is 0.102. The molecule has 5 nitrogen and oxygen atoms in total. The van der Waals surface area contributed by atoms with Gasteiger partial charge in [0, 0.05) is 15.5 Å². The number of anilines is 1. The molecule has 2 rings (SSSR count). The number of hydrogen-bond acceptors (Lipinski definition) is 4. The van der Waals surface area contributed by atoms with Crippen molar-refractivity contribution in [2.24, 2.45) is 0 Å². The first-order valence-corrected chi connectivity index (χ1v) is 9.71. The lowest BCUT2D eigenvalue weighted by atomic mass is 10.2. The van der Waals surface area contributed by atoms with Gasteiger partial charge < -0.3 is 10.1 Å². The third-order valence-corrected chi connectivity index (χ3v) is 5.64. The quantitative estimate of drug-likeness (QED) is 0.700. The smallest absolute Gasteiger partial charge is 0.259 e. The Bertz CT molecular complexity index is 868. The molecular weight excluding hydrogens is 453 g/mol. The van der Waals surface area contributed by atoms with Crippen LogP contribution < -0.4 is 10.1 Å². The molecule has 8 heteroatoms. The molecule has 122 valence electrons. The zero-order chi connectivity index (χ0) is 17.2. The predicted molar refractivity (Wildman–Crippen MR) is 98.2 cm³/mol. The van der Waals surface area contributed by atoms with Crippen molar-refractivity contribution in [2.75, 3.05) is 18.7 Å². The summed E-state index contributed by atoms with van der Waals surface area (Å²) in [7, 11) is -1.89. The van der Waals surface area contributed by atoms with Crippen molar-refractivity contribution in [1.29, 1.82) is 0 Å². The Morgan fingerprint density at radius 2 is 1.96 bits per heavy atom. The maximum Gasteiger partial charge on any atom is 0.259 e. The van der Waals surface area contributed by atoms with Crippen molar-refractivity contribution in [3.63, 3.8) is 0 Å². The summed E-state index contributed by atoms with van der Waals surface area (Å²) in [5.74, 6) is -0.0543. The summed E-state index contributed by atoms with van der Waals surface area (Å²) in [5.41, 5.74) is 0.636. The highest BCUT2D eigenvalue weighted by molar-refractivity contribution is 14.1. The molecule has 1 N–H and O–H groups in total. The van der Waals surface area contributed by atoms with Crippen molar-refractivity contribution >= 4 is 55.6 Å². The van der Waals surface area contributed by atoms with Crippen LogP contribution in [-0.4, -0.2) is 27.7 Å². The second-order valence-electron chi connectivity index (χ2n) is 4.72. The first-order valence-electron chi connectivity index (χ1n) is 6.37. The van der Waals surface area contributed by atoms with E-state index in [1.165, 1.54) is 25.3 Å². The summed E-state index contributed by atoms with van der Waals surface area (Å²) in [5, 5.41) is 3.08. The van der Waals surface area contributed by atoms with Gasteiger partial charge >= 0.3 is 0 Å². The minimum Gasteiger partial charge on any atom is -0.496 e. The molecule has 0 saturated heterocycles. The molecule has 1 amide bonds. The van der Waals surface area contributed by atoms with Gasteiger partial charge in [0.1, 0.15) is 5.75 Å². The minimum absolute atomic E-state index is 0.128. The van der Waals surface area contributed by atoms with Crippen molar-refractivity contribution < 1.29 is 17.9 Å². The van der Waals surface area contributed by atoms with Crippen LogP contribution >= 0.6 is 34.2 Å². The van der Waals surface area contributed by atoms with E-state index in [-0.39, 0.29) is 10.5 Å².